The number of nitrogens with two attached hydrogens (primary N) is 1. The van der Waals surface area contributed by atoms with Crippen molar-refractivity contribution in [1.82, 2.24) is 15.0 Å². The Morgan fingerprint density at radius 1 is 0.368 bits per heavy atom. The molecule has 5 aromatic carbocycles. The Balaban J connectivity index is 1.43. The van der Waals surface area contributed by atoms with Crippen LogP contribution in [-0.2, 0) is 6.54 Å². The van der Waals surface area contributed by atoms with Crippen LogP contribution in [0.25, 0.3) is 56.4 Å². The molecule has 1 aromatic heterocycles. The van der Waals surface area contributed by atoms with Gasteiger partial charge >= 0.3 is 0 Å². The van der Waals surface area contributed by atoms with Crippen LogP contribution in [0.2, 0.25) is 0 Å². The predicted octanol–water partition coefficient (Wildman–Crippen LogP) is 7.67. The molecule has 0 spiro atoms. The zero-order chi connectivity index (χ0) is 25.7. The maximum Gasteiger partial charge on any atom is 0.164 e. The highest BCUT2D eigenvalue weighted by Gasteiger charge is 2.13. The maximum absolute atomic E-state index is 5.91. The molecule has 6 rings (SSSR count). The Bertz CT molecular complexity index is 1560. The van der Waals surface area contributed by atoms with E-state index in [2.05, 4.69) is 72.8 Å². The highest BCUT2D eigenvalue weighted by Crippen LogP contribution is 2.28. The van der Waals surface area contributed by atoms with Gasteiger partial charge in [0.2, 0.25) is 0 Å². The van der Waals surface area contributed by atoms with Gasteiger partial charge in [-0.15, -0.1) is 0 Å². The number of aromatic nitrogens is 3. The zero-order valence-corrected chi connectivity index (χ0v) is 20.8. The van der Waals surface area contributed by atoms with Crippen LogP contribution >= 0.6 is 0 Å². The largest absolute Gasteiger partial charge is 0.326 e. The normalized spacial score (nSPS) is 10.9. The van der Waals surface area contributed by atoms with Gasteiger partial charge in [0, 0.05) is 23.2 Å². The van der Waals surface area contributed by atoms with E-state index in [1.165, 1.54) is 11.1 Å². The summed E-state index contributed by atoms with van der Waals surface area (Å²) in [6.45, 7) is 0.459. The Morgan fingerprint density at radius 2 is 0.737 bits per heavy atom. The van der Waals surface area contributed by atoms with E-state index < -0.39 is 0 Å². The Kier molecular flexibility index (Phi) is 6.54. The van der Waals surface area contributed by atoms with E-state index in [4.69, 9.17) is 20.7 Å². The number of rotatable bonds is 6. The van der Waals surface area contributed by atoms with Gasteiger partial charge in [-0.3, -0.25) is 0 Å². The first-order valence-electron chi connectivity index (χ1n) is 12.6. The SMILES string of the molecule is NCc1cccc(-c2nc(-c3ccc(-c4ccccc4)cc3)nc(-c3ccc(-c4ccccc4)cc3)n2)c1. The molecule has 0 amide bonds. The molecule has 0 fully saturated rings. The summed E-state index contributed by atoms with van der Waals surface area (Å²) in [5.41, 5.74) is 14.4. The minimum absolute atomic E-state index is 0.459. The second-order valence-electron chi connectivity index (χ2n) is 9.10. The average Bonchev–Trinajstić information content (AvgIpc) is 3.02. The van der Waals surface area contributed by atoms with Crippen LogP contribution in [0.15, 0.2) is 133 Å². The lowest BCUT2D eigenvalue weighted by atomic mass is 10.0. The van der Waals surface area contributed by atoms with Gasteiger partial charge < -0.3 is 5.73 Å². The molecule has 0 radical (unpaired) electrons. The maximum atomic E-state index is 5.91. The standard InChI is InChI=1S/C34H26N4/c35-23-24-8-7-13-31(22-24)34-37-32(29-18-14-27(15-19-29)25-9-3-1-4-10-25)36-33(38-34)30-20-16-28(17-21-30)26-11-5-2-6-12-26/h1-22H,23,35H2. The molecule has 2 N–H and O–H groups in total. The van der Waals surface area contributed by atoms with Gasteiger partial charge in [0.15, 0.2) is 17.5 Å². The molecule has 38 heavy (non-hydrogen) atoms. The lowest BCUT2D eigenvalue weighted by Gasteiger charge is -2.10. The van der Waals surface area contributed by atoms with Crippen LogP contribution in [0, 0.1) is 0 Å². The van der Waals surface area contributed by atoms with Gasteiger partial charge in [-0.25, -0.2) is 15.0 Å². The molecular weight excluding hydrogens is 464 g/mol. The van der Waals surface area contributed by atoms with Gasteiger partial charge in [0.05, 0.1) is 0 Å². The van der Waals surface area contributed by atoms with Gasteiger partial charge in [-0.05, 0) is 33.9 Å². The van der Waals surface area contributed by atoms with Gasteiger partial charge in [0.25, 0.3) is 0 Å². The quantitative estimate of drug-likeness (QED) is 0.260. The molecule has 0 bridgehead atoms. The van der Waals surface area contributed by atoms with Crippen LogP contribution in [0.4, 0.5) is 0 Å². The van der Waals surface area contributed by atoms with Crippen LogP contribution in [0.3, 0.4) is 0 Å². The number of hydrogen-bond acceptors (Lipinski definition) is 4. The van der Waals surface area contributed by atoms with E-state index in [-0.39, 0.29) is 0 Å². The van der Waals surface area contributed by atoms with E-state index >= 15 is 0 Å². The molecule has 0 aliphatic rings. The van der Waals surface area contributed by atoms with E-state index in [0.717, 1.165) is 33.4 Å². The third kappa shape index (κ3) is 4.99. The molecule has 0 aliphatic carbocycles. The lowest BCUT2D eigenvalue weighted by molar-refractivity contribution is 1.06. The summed E-state index contributed by atoms with van der Waals surface area (Å²) in [5.74, 6) is 1.89. The minimum Gasteiger partial charge on any atom is -0.326 e. The third-order valence-corrected chi connectivity index (χ3v) is 6.56. The molecule has 0 saturated heterocycles. The fraction of sp³-hybridized carbons (Fsp3) is 0.0294. The minimum atomic E-state index is 0.459. The van der Waals surface area contributed by atoms with Gasteiger partial charge in [-0.1, -0.05) is 127 Å². The van der Waals surface area contributed by atoms with Crippen LogP contribution in [-0.4, -0.2) is 15.0 Å². The summed E-state index contributed by atoms with van der Waals surface area (Å²) in [4.78, 5) is 14.7. The van der Waals surface area contributed by atoms with Crippen molar-refractivity contribution in [2.75, 3.05) is 0 Å². The Labute approximate surface area is 222 Å². The molecule has 0 atom stereocenters. The van der Waals surface area contributed by atoms with E-state index in [9.17, 15) is 0 Å². The zero-order valence-electron chi connectivity index (χ0n) is 20.8. The summed E-state index contributed by atoms with van der Waals surface area (Å²) in [7, 11) is 0. The Hall–Kier alpha value is -4.93. The number of nitrogens with zero attached hydrogens (tertiary/aromatic N) is 3. The summed E-state index contributed by atoms with van der Waals surface area (Å²) < 4.78 is 0. The van der Waals surface area contributed by atoms with Gasteiger partial charge in [0.1, 0.15) is 0 Å². The molecule has 4 nitrogen and oxygen atoms in total. The molecule has 6 aromatic rings. The smallest absolute Gasteiger partial charge is 0.164 e. The molecule has 0 saturated carbocycles. The van der Waals surface area contributed by atoms with Crippen molar-refractivity contribution in [3.8, 4) is 56.4 Å². The van der Waals surface area contributed by atoms with Gasteiger partial charge in [-0.2, -0.15) is 0 Å². The highest BCUT2D eigenvalue weighted by atomic mass is 15.0. The second kappa shape index (κ2) is 10.6. The summed E-state index contributed by atoms with van der Waals surface area (Å²) in [5, 5.41) is 0. The van der Waals surface area contributed by atoms with Crippen LogP contribution in [0.5, 0.6) is 0 Å². The average molecular weight is 491 g/mol. The van der Waals surface area contributed by atoms with Crippen molar-refractivity contribution in [2.24, 2.45) is 5.73 Å². The summed E-state index contributed by atoms with van der Waals surface area (Å²) in [6, 6.07) is 45.4. The van der Waals surface area contributed by atoms with E-state index in [1.54, 1.807) is 0 Å². The van der Waals surface area contributed by atoms with Crippen molar-refractivity contribution < 1.29 is 0 Å². The molecule has 182 valence electrons. The van der Waals surface area contributed by atoms with Crippen molar-refractivity contribution in [2.45, 2.75) is 6.54 Å². The fourth-order valence-electron chi connectivity index (χ4n) is 4.49. The predicted molar refractivity (Wildman–Crippen MR) is 155 cm³/mol. The topological polar surface area (TPSA) is 64.7 Å². The fourth-order valence-corrected chi connectivity index (χ4v) is 4.49. The first kappa shape index (κ1) is 23.5. The molecule has 4 heteroatoms. The first-order valence-corrected chi connectivity index (χ1v) is 12.6. The van der Waals surface area contributed by atoms with Crippen LogP contribution < -0.4 is 5.73 Å². The van der Waals surface area contributed by atoms with Crippen LogP contribution in [0.1, 0.15) is 5.56 Å². The number of benzene rings is 5. The Morgan fingerprint density at radius 3 is 1.18 bits per heavy atom. The van der Waals surface area contributed by atoms with Crippen molar-refractivity contribution >= 4 is 0 Å². The lowest BCUT2D eigenvalue weighted by Crippen LogP contribution is -2.01. The van der Waals surface area contributed by atoms with Crippen molar-refractivity contribution in [3.63, 3.8) is 0 Å². The number of hydrogen-bond donors (Lipinski definition) is 1. The van der Waals surface area contributed by atoms with E-state index in [0.29, 0.717) is 24.0 Å². The molecular formula is C34H26N4. The molecule has 1 heterocycles. The monoisotopic (exact) mass is 490 g/mol. The van der Waals surface area contributed by atoms with Crippen molar-refractivity contribution in [3.05, 3.63) is 139 Å². The third-order valence-electron chi connectivity index (χ3n) is 6.56. The first-order chi connectivity index (χ1) is 18.8. The van der Waals surface area contributed by atoms with E-state index in [1.807, 2.05) is 60.7 Å². The molecule has 0 unspecified atom stereocenters. The summed E-state index contributed by atoms with van der Waals surface area (Å²) in [6.07, 6.45) is 0. The molecule has 0 aliphatic heterocycles. The second-order valence-corrected chi connectivity index (χ2v) is 9.10. The highest BCUT2D eigenvalue weighted by molar-refractivity contribution is 5.72. The van der Waals surface area contributed by atoms with Crippen molar-refractivity contribution in [1.29, 1.82) is 0 Å². The summed E-state index contributed by atoms with van der Waals surface area (Å²) >= 11 is 0.